The minimum atomic E-state index is -0.160. The topological polar surface area (TPSA) is 56.7 Å². The summed E-state index contributed by atoms with van der Waals surface area (Å²) in [7, 11) is 1.94. The van der Waals surface area contributed by atoms with Gasteiger partial charge in [-0.25, -0.2) is 4.98 Å². The van der Waals surface area contributed by atoms with E-state index in [1.165, 1.54) is 0 Å². The van der Waals surface area contributed by atoms with Crippen LogP contribution in [-0.4, -0.2) is 14.8 Å². The van der Waals surface area contributed by atoms with Crippen LogP contribution < -0.4 is 5.73 Å². The molecule has 0 spiro atoms. The number of rotatable bonds is 2. The van der Waals surface area contributed by atoms with Crippen molar-refractivity contribution in [2.75, 3.05) is 0 Å². The molecule has 0 aliphatic heterocycles. The van der Waals surface area contributed by atoms with Crippen LogP contribution in [0.3, 0.4) is 0 Å². The molecule has 2 aromatic heterocycles. The van der Waals surface area contributed by atoms with Crippen LogP contribution >= 0.6 is 11.3 Å². The number of thiazole rings is 1. The van der Waals surface area contributed by atoms with Gasteiger partial charge in [0.1, 0.15) is 5.01 Å². The minimum Gasteiger partial charge on any atom is -0.318 e. The van der Waals surface area contributed by atoms with E-state index in [1.54, 1.807) is 11.3 Å². The van der Waals surface area contributed by atoms with Gasteiger partial charge in [-0.15, -0.1) is 11.3 Å². The quantitative estimate of drug-likeness (QED) is 0.865. The number of hydrogen-bond acceptors (Lipinski definition) is 4. The highest BCUT2D eigenvalue weighted by atomic mass is 32.1. The lowest BCUT2D eigenvalue weighted by atomic mass is 10.1. The summed E-state index contributed by atoms with van der Waals surface area (Å²) >= 11 is 1.61. The van der Waals surface area contributed by atoms with Crippen LogP contribution in [0.2, 0.25) is 0 Å². The maximum atomic E-state index is 6.24. The molecule has 86 valence electrons. The summed E-state index contributed by atoms with van der Waals surface area (Å²) in [6.07, 6.45) is 0. The molecule has 2 heterocycles. The fourth-order valence-electron chi connectivity index (χ4n) is 1.88. The van der Waals surface area contributed by atoms with Crippen LogP contribution in [-0.2, 0) is 7.05 Å². The molecule has 1 unspecified atom stereocenters. The number of nitrogens with zero attached hydrogens (tertiary/aromatic N) is 3. The molecule has 0 bridgehead atoms. The Morgan fingerprint density at radius 1 is 1.38 bits per heavy atom. The standard InChI is InChI=1S/C11H16N4S/c1-6-5-16-11(13-6)10(12)9-7(2)14-15(4)8(9)3/h5,10H,12H2,1-4H3. The van der Waals surface area contributed by atoms with Gasteiger partial charge in [-0.2, -0.15) is 5.10 Å². The lowest BCUT2D eigenvalue weighted by Crippen LogP contribution is -2.13. The van der Waals surface area contributed by atoms with E-state index in [0.717, 1.165) is 27.7 Å². The van der Waals surface area contributed by atoms with Crippen LogP contribution in [0.15, 0.2) is 5.38 Å². The van der Waals surface area contributed by atoms with E-state index in [4.69, 9.17) is 5.73 Å². The van der Waals surface area contributed by atoms with Crippen molar-refractivity contribution in [1.82, 2.24) is 14.8 Å². The summed E-state index contributed by atoms with van der Waals surface area (Å²) in [5, 5.41) is 7.36. The normalized spacial score (nSPS) is 13.1. The second-order valence-electron chi connectivity index (χ2n) is 4.01. The van der Waals surface area contributed by atoms with E-state index in [1.807, 2.05) is 37.9 Å². The Balaban J connectivity index is 2.44. The molecule has 16 heavy (non-hydrogen) atoms. The molecule has 0 aliphatic carbocycles. The lowest BCUT2D eigenvalue weighted by molar-refractivity contribution is 0.728. The zero-order valence-corrected chi connectivity index (χ0v) is 10.8. The molecule has 5 heteroatoms. The highest BCUT2D eigenvalue weighted by Gasteiger charge is 2.20. The van der Waals surface area contributed by atoms with Crippen LogP contribution in [0.25, 0.3) is 0 Å². The van der Waals surface area contributed by atoms with Gasteiger partial charge in [-0.1, -0.05) is 0 Å². The van der Waals surface area contributed by atoms with E-state index in [2.05, 4.69) is 10.1 Å². The Hall–Kier alpha value is -1.20. The predicted octanol–water partition coefficient (Wildman–Crippen LogP) is 1.85. The Kier molecular flexibility index (Phi) is 2.82. The molecule has 0 amide bonds. The molecule has 0 aromatic carbocycles. The molecule has 2 N–H and O–H groups in total. The van der Waals surface area contributed by atoms with Gasteiger partial charge >= 0.3 is 0 Å². The zero-order valence-electron chi connectivity index (χ0n) is 9.98. The van der Waals surface area contributed by atoms with Crippen molar-refractivity contribution in [3.05, 3.63) is 33.0 Å². The summed E-state index contributed by atoms with van der Waals surface area (Å²) in [6, 6.07) is -0.160. The fourth-order valence-corrected chi connectivity index (χ4v) is 2.68. The van der Waals surface area contributed by atoms with Crippen LogP contribution in [0.4, 0.5) is 0 Å². The Morgan fingerprint density at radius 3 is 2.50 bits per heavy atom. The van der Waals surface area contributed by atoms with Crippen molar-refractivity contribution in [3.8, 4) is 0 Å². The Morgan fingerprint density at radius 2 is 2.06 bits per heavy atom. The molecule has 4 nitrogen and oxygen atoms in total. The summed E-state index contributed by atoms with van der Waals surface area (Å²) in [5.41, 5.74) is 10.5. The van der Waals surface area contributed by atoms with E-state index < -0.39 is 0 Å². The predicted molar refractivity (Wildman–Crippen MR) is 65.6 cm³/mol. The van der Waals surface area contributed by atoms with Gasteiger partial charge in [-0.3, -0.25) is 4.68 Å². The molecule has 2 aromatic rings. The third-order valence-corrected chi connectivity index (χ3v) is 3.82. The second kappa shape index (κ2) is 3.99. The average Bonchev–Trinajstić information content (AvgIpc) is 2.73. The van der Waals surface area contributed by atoms with E-state index in [0.29, 0.717) is 0 Å². The highest BCUT2D eigenvalue weighted by molar-refractivity contribution is 7.09. The smallest absolute Gasteiger partial charge is 0.114 e. The largest absolute Gasteiger partial charge is 0.318 e. The number of aryl methyl sites for hydroxylation is 3. The number of nitrogens with two attached hydrogens (primary N) is 1. The molecule has 1 atom stereocenters. The van der Waals surface area contributed by atoms with Gasteiger partial charge in [0.2, 0.25) is 0 Å². The molecule has 2 rings (SSSR count). The Bertz CT molecular complexity index is 512. The summed E-state index contributed by atoms with van der Waals surface area (Å²) in [6.45, 7) is 6.01. The first-order chi connectivity index (χ1) is 7.50. The molecule has 0 aliphatic rings. The van der Waals surface area contributed by atoms with Crippen LogP contribution in [0.1, 0.15) is 33.7 Å². The third kappa shape index (κ3) is 1.76. The van der Waals surface area contributed by atoms with Crippen molar-refractivity contribution < 1.29 is 0 Å². The molecule has 0 radical (unpaired) electrons. The highest BCUT2D eigenvalue weighted by Crippen LogP contribution is 2.27. The van der Waals surface area contributed by atoms with Gasteiger partial charge in [0, 0.05) is 29.4 Å². The molecule has 0 fully saturated rings. The summed E-state index contributed by atoms with van der Waals surface area (Å²) in [5.74, 6) is 0. The van der Waals surface area contributed by atoms with Crippen molar-refractivity contribution in [2.45, 2.75) is 26.8 Å². The van der Waals surface area contributed by atoms with Crippen molar-refractivity contribution in [2.24, 2.45) is 12.8 Å². The zero-order chi connectivity index (χ0) is 11.9. The third-order valence-electron chi connectivity index (χ3n) is 2.78. The van der Waals surface area contributed by atoms with Crippen LogP contribution in [0.5, 0.6) is 0 Å². The van der Waals surface area contributed by atoms with E-state index in [-0.39, 0.29) is 6.04 Å². The molecular formula is C11H16N4S. The monoisotopic (exact) mass is 236 g/mol. The lowest BCUT2D eigenvalue weighted by Gasteiger charge is -2.09. The molecule has 0 saturated carbocycles. The van der Waals surface area contributed by atoms with Crippen LogP contribution in [0, 0.1) is 20.8 Å². The maximum Gasteiger partial charge on any atom is 0.114 e. The number of aromatic nitrogens is 3. The maximum absolute atomic E-state index is 6.24. The average molecular weight is 236 g/mol. The second-order valence-corrected chi connectivity index (χ2v) is 4.90. The summed E-state index contributed by atoms with van der Waals surface area (Å²) < 4.78 is 1.87. The summed E-state index contributed by atoms with van der Waals surface area (Å²) in [4.78, 5) is 4.43. The van der Waals surface area contributed by atoms with Gasteiger partial charge < -0.3 is 5.73 Å². The first-order valence-electron chi connectivity index (χ1n) is 5.18. The molecular weight excluding hydrogens is 220 g/mol. The fraction of sp³-hybridized carbons (Fsp3) is 0.455. The minimum absolute atomic E-state index is 0.160. The van der Waals surface area contributed by atoms with Gasteiger partial charge in [0.05, 0.1) is 11.7 Å². The first-order valence-corrected chi connectivity index (χ1v) is 6.06. The van der Waals surface area contributed by atoms with Crippen molar-refractivity contribution >= 4 is 11.3 Å². The number of hydrogen-bond donors (Lipinski definition) is 1. The first kappa shape index (κ1) is 11.3. The SMILES string of the molecule is Cc1csc(C(N)c2c(C)nn(C)c2C)n1. The van der Waals surface area contributed by atoms with Gasteiger partial charge in [0.25, 0.3) is 0 Å². The Labute approximate surface area is 99.1 Å². The van der Waals surface area contributed by atoms with Crippen molar-refractivity contribution in [3.63, 3.8) is 0 Å². The van der Waals surface area contributed by atoms with E-state index >= 15 is 0 Å². The van der Waals surface area contributed by atoms with Crippen molar-refractivity contribution in [1.29, 1.82) is 0 Å². The van der Waals surface area contributed by atoms with Gasteiger partial charge in [0.15, 0.2) is 0 Å². The van der Waals surface area contributed by atoms with E-state index in [9.17, 15) is 0 Å². The molecule has 0 saturated heterocycles. The van der Waals surface area contributed by atoms with Gasteiger partial charge in [-0.05, 0) is 20.8 Å².